The molecule has 1 aromatic rings. The summed E-state index contributed by atoms with van der Waals surface area (Å²) in [6.07, 6.45) is 3.96. The summed E-state index contributed by atoms with van der Waals surface area (Å²) in [6.45, 7) is 8.73. The number of halogens is 1. The molecule has 2 rings (SSSR count). The molecular weight excluding hydrogens is 356 g/mol. The number of anilines is 1. The second-order valence-electron chi connectivity index (χ2n) is 6.60. The van der Waals surface area contributed by atoms with Gasteiger partial charge in [-0.1, -0.05) is 40.2 Å². The molecule has 23 heavy (non-hydrogen) atoms. The van der Waals surface area contributed by atoms with Gasteiger partial charge in [0.25, 0.3) is 0 Å². The normalized spacial score (nSPS) is 16.0. The molecule has 1 aromatic carbocycles. The molecule has 5 heteroatoms. The van der Waals surface area contributed by atoms with Gasteiger partial charge in [-0.25, -0.2) is 4.79 Å². The zero-order valence-electron chi connectivity index (χ0n) is 14.1. The van der Waals surface area contributed by atoms with Crippen molar-refractivity contribution in [3.8, 4) is 0 Å². The molecule has 0 radical (unpaired) electrons. The molecule has 1 saturated heterocycles. The first-order valence-corrected chi connectivity index (χ1v) is 9.06. The zero-order chi connectivity index (χ0) is 16.9. The Bertz CT molecular complexity index is 541. The molecule has 1 aliphatic heterocycles. The molecule has 0 unspecified atom stereocenters. The number of amides is 1. The van der Waals surface area contributed by atoms with Gasteiger partial charge in [0.15, 0.2) is 0 Å². The largest absolute Gasteiger partial charge is 0.444 e. The quantitative estimate of drug-likeness (QED) is 0.738. The Morgan fingerprint density at radius 3 is 2.30 bits per heavy atom. The van der Waals surface area contributed by atoms with Crippen molar-refractivity contribution < 1.29 is 9.53 Å². The molecule has 4 nitrogen and oxygen atoms in total. The standard InChI is InChI=1S/C18H25BrN2O2/c1-18(2,3)23-17(22)21-13-11-20(12-14-21)16-8-6-15(7-9-16)5-4-10-19/h4-9H,10-14H2,1-3H3. The van der Waals surface area contributed by atoms with Crippen LogP contribution >= 0.6 is 15.9 Å². The summed E-state index contributed by atoms with van der Waals surface area (Å²) in [5, 5.41) is 0.862. The van der Waals surface area contributed by atoms with Gasteiger partial charge in [0.1, 0.15) is 5.60 Å². The fraction of sp³-hybridized carbons (Fsp3) is 0.500. The van der Waals surface area contributed by atoms with E-state index in [1.54, 1.807) is 4.90 Å². The second-order valence-corrected chi connectivity index (χ2v) is 7.25. The van der Waals surface area contributed by atoms with E-state index in [4.69, 9.17) is 4.74 Å². The Morgan fingerprint density at radius 1 is 1.17 bits per heavy atom. The topological polar surface area (TPSA) is 32.8 Å². The number of alkyl halides is 1. The van der Waals surface area contributed by atoms with Crippen LogP contribution < -0.4 is 4.90 Å². The molecule has 1 aliphatic rings. The lowest BCUT2D eigenvalue weighted by molar-refractivity contribution is 0.0240. The van der Waals surface area contributed by atoms with Crippen molar-refractivity contribution in [2.45, 2.75) is 26.4 Å². The van der Waals surface area contributed by atoms with E-state index in [0.29, 0.717) is 13.1 Å². The fourth-order valence-corrected chi connectivity index (χ4v) is 2.64. The van der Waals surface area contributed by atoms with E-state index in [0.717, 1.165) is 18.4 Å². The van der Waals surface area contributed by atoms with Gasteiger partial charge in [-0.15, -0.1) is 0 Å². The molecule has 0 bridgehead atoms. The number of carbonyl (C=O) groups is 1. The number of benzene rings is 1. The maximum atomic E-state index is 12.1. The SMILES string of the molecule is CC(C)(C)OC(=O)N1CCN(c2ccc(C=CCBr)cc2)CC1. The van der Waals surface area contributed by atoms with Gasteiger partial charge in [-0.3, -0.25) is 0 Å². The Morgan fingerprint density at radius 2 is 1.78 bits per heavy atom. The lowest BCUT2D eigenvalue weighted by atomic mass is 10.1. The molecule has 0 saturated carbocycles. The highest BCUT2D eigenvalue weighted by molar-refractivity contribution is 9.09. The second kappa shape index (κ2) is 7.86. The minimum Gasteiger partial charge on any atom is -0.444 e. The van der Waals surface area contributed by atoms with Crippen molar-refractivity contribution >= 4 is 33.8 Å². The lowest BCUT2D eigenvalue weighted by Crippen LogP contribution is -2.50. The number of hydrogen-bond donors (Lipinski definition) is 0. The third kappa shape index (κ3) is 5.57. The first kappa shape index (κ1) is 17.9. The van der Waals surface area contributed by atoms with Gasteiger partial charge in [-0.2, -0.15) is 0 Å². The molecule has 0 N–H and O–H groups in total. The summed E-state index contributed by atoms with van der Waals surface area (Å²) in [5.41, 5.74) is 1.96. The molecular formula is C18H25BrN2O2. The fourth-order valence-electron chi connectivity index (χ4n) is 2.45. The number of piperazine rings is 1. The summed E-state index contributed by atoms with van der Waals surface area (Å²) >= 11 is 3.38. The zero-order valence-corrected chi connectivity index (χ0v) is 15.7. The molecule has 1 fully saturated rings. The number of nitrogens with zero attached hydrogens (tertiary/aromatic N) is 2. The summed E-state index contributed by atoms with van der Waals surface area (Å²) in [5.74, 6) is 0. The van der Waals surface area contributed by atoms with Gasteiger partial charge in [-0.05, 0) is 38.5 Å². The predicted molar refractivity (Wildman–Crippen MR) is 99.3 cm³/mol. The number of hydrogen-bond acceptors (Lipinski definition) is 3. The number of allylic oxidation sites excluding steroid dienone is 1. The molecule has 0 spiro atoms. The van der Waals surface area contributed by atoms with Crippen LogP contribution in [0.5, 0.6) is 0 Å². The van der Waals surface area contributed by atoms with Crippen LogP contribution in [0.1, 0.15) is 26.3 Å². The average molecular weight is 381 g/mol. The highest BCUT2D eigenvalue weighted by Crippen LogP contribution is 2.19. The minimum atomic E-state index is -0.438. The van der Waals surface area contributed by atoms with Crippen LogP contribution in [0, 0.1) is 0 Å². The molecule has 1 amide bonds. The van der Waals surface area contributed by atoms with Crippen LogP contribution in [0.3, 0.4) is 0 Å². The van der Waals surface area contributed by atoms with Crippen molar-refractivity contribution in [2.75, 3.05) is 36.4 Å². The van der Waals surface area contributed by atoms with Crippen molar-refractivity contribution in [1.82, 2.24) is 4.90 Å². The summed E-state index contributed by atoms with van der Waals surface area (Å²) in [7, 11) is 0. The number of ether oxygens (including phenoxy) is 1. The van der Waals surface area contributed by atoms with Crippen LogP contribution in [0.25, 0.3) is 6.08 Å². The predicted octanol–water partition coefficient (Wildman–Crippen LogP) is 4.15. The molecule has 1 heterocycles. The first-order valence-electron chi connectivity index (χ1n) is 7.94. The maximum absolute atomic E-state index is 12.1. The van der Waals surface area contributed by atoms with E-state index >= 15 is 0 Å². The van der Waals surface area contributed by atoms with Crippen molar-refractivity contribution in [1.29, 1.82) is 0 Å². The van der Waals surface area contributed by atoms with Crippen LogP contribution in [0.2, 0.25) is 0 Å². The number of rotatable bonds is 3. The Hall–Kier alpha value is -1.49. The lowest BCUT2D eigenvalue weighted by Gasteiger charge is -2.36. The summed E-state index contributed by atoms with van der Waals surface area (Å²) in [6, 6.07) is 8.51. The van der Waals surface area contributed by atoms with Gasteiger partial charge in [0.2, 0.25) is 0 Å². The van der Waals surface area contributed by atoms with E-state index in [1.165, 1.54) is 11.3 Å². The highest BCUT2D eigenvalue weighted by atomic mass is 79.9. The van der Waals surface area contributed by atoms with Crippen molar-refractivity contribution in [2.24, 2.45) is 0 Å². The number of carbonyl (C=O) groups excluding carboxylic acids is 1. The molecule has 0 aromatic heterocycles. The van der Waals surface area contributed by atoms with E-state index in [-0.39, 0.29) is 6.09 Å². The van der Waals surface area contributed by atoms with Crippen molar-refractivity contribution in [3.05, 3.63) is 35.9 Å². The van der Waals surface area contributed by atoms with Crippen LogP contribution in [-0.2, 0) is 4.74 Å². The van der Waals surface area contributed by atoms with E-state index < -0.39 is 5.60 Å². The Kier molecular flexibility index (Phi) is 6.10. The third-order valence-corrected chi connectivity index (χ3v) is 3.96. The molecule has 0 atom stereocenters. The van der Waals surface area contributed by atoms with Gasteiger partial charge >= 0.3 is 6.09 Å². The molecule has 0 aliphatic carbocycles. The highest BCUT2D eigenvalue weighted by Gasteiger charge is 2.25. The van der Waals surface area contributed by atoms with E-state index in [1.807, 2.05) is 20.8 Å². The van der Waals surface area contributed by atoms with E-state index in [9.17, 15) is 4.79 Å². The van der Waals surface area contributed by atoms with Gasteiger partial charge < -0.3 is 14.5 Å². The minimum absolute atomic E-state index is 0.215. The Labute approximate surface area is 147 Å². The van der Waals surface area contributed by atoms with Crippen LogP contribution in [-0.4, -0.2) is 48.1 Å². The summed E-state index contributed by atoms with van der Waals surface area (Å²) in [4.78, 5) is 16.2. The maximum Gasteiger partial charge on any atom is 0.410 e. The Balaban J connectivity index is 1.89. The van der Waals surface area contributed by atoms with Crippen LogP contribution in [0.4, 0.5) is 10.5 Å². The van der Waals surface area contributed by atoms with E-state index in [2.05, 4.69) is 57.2 Å². The monoisotopic (exact) mass is 380 g/mol. The molecule has 126 valence electrons. The van der Waals surface area contributed by atoms with Crippen LogP contribution in [0.15, 0.2) is 30.3 Å². The smallest absolute Gasteiger partial charge is 0.410 e. The van der Waals surface area contributed by atoms with Gasteiger partial charge in [0.05, 0.1) is 0 Å². The van der Waals surface area contributed by atoms with Gasteiger partial charge in [0, 0.05) is 37.2 Å². The first-order chi connectivity index (χ1) is 10.9. The average Bonchev–Trinajstić information content (AvgIpc) is 2.52. The summed E-state index contributed by atoms with van der Waals surface area (Å²) < 4.78 is 5.43. The van der Waals surface area contributed by atoms with Crippen molar-refractivity contribution in [3.63, 3.8) is 0 Å². The third-order valence-electron chi connectivity index (χ3n) is 3.59.